The molecule has 0 bridgehead atoms. The molecule has 0 aliphatic carbocycles. The number of rotatable bonds is 11. The Morgan fingerprint density at radius 3 is 2.58 bits per heavy atom. The van der Waals surface area contributed by atoms with Gasteiger partial charge in [0.25, 0.3) is 5.91 Å². The van der Waals surface area contributed by atoms with Crippen LogP contribution in [0.1, 0.15) is 91.2 Å². The van der Waals surface area contributed by atoms with Gasteiger partial charge < -0.3 is 14.4 Å². The van der Waals surface area contributed by atoms with Crippen molar-refractivity contribution in [1.29, 1.82) is 5.26 Å². The molecular formula is C34H43ClN4O. The SMILES string of the molecule is CCCCC(CCCCc1cc(C(=O)N2CCN(c3cccc(C#N)c3)C[C@@H]2C)n(C)c1C)c1ccccc1Cl. The highest BCUT2D eigenvalue weighted by molar-refractivity contribution is 6.31. The largest absolute Gasteiger partial charge is 0.368 e. The number of hydrogen-bond donors (Lipinski definition) is 0. The topological polar surface area (TPSA) is 52.3 Å². The highest BCUT2D eigenvalue weighted by Gasteiger charge is 2.30. The van der Waals surface area contributed by atoms with E-state index >= 15 is 0 Å². The molecule has 0 saturated carbocycles. The fourth-order valence-electron chi connectivity index (χ4n) is 6.05. The molecule has 5 nitrogen and oxygen atoms in total. The standard InChI is InChI=1S/C34H43ClN4O/c1-5-6-13-28(31-17-9-10-18-32(31)35)14-7-8-15-29-22-33(37(4)26(29)3)34(40)39-20-19-38(24-25(39)2)30-16-11-12-27(21-30)23-36/h9-12,16-18,21-22,25,28H,5-8,13-15,19-20,24H2,1-4H3/t25-,28?/m0/s1. The number of piperazine rings is 1. The van der Waals surface area contributed by atoms with Crippen molar-refractivity contribution < 1.29 is 4.79 Å². The van der Waals surface area contributed by atoms with E-state index in [4.69, 9.17) is 11.6 Å². The molecule has 0 spiro atoms. The van der Waals surface area contributed by atoms with Gasteiger partial charge in [0.05, 0.1) is 11.6 Å². The third-order valence-corrected chi connectivity index (χ3v) is 8.93. The molecular weight excluding hydrogens is 516 g/mol. The molecule has 2 atom stereocenters. The molecule has 4 rings (SSSR count). The predicted molar refractivity (Wildman–Crippen MR) is 165 cm³/mol. The van der Waals surface area contributed by atoms with E-state index in [9.17, 15) is 10.1 Å². The summed E-state index contributed by atoms with van der Waals surface area (Å²) in [6.07, 6.45) is 7.96. The van der Waals surface area contributed by atoms with Crippen molar-refractivity contribution in [2.45, 2.75) is 77.7 Å². The number of nitriles is 1. The van der Waals surface area contributed by atoms with Crippen molar-refractivity contribution in [1.82, 2.24) is 9.47 Å². The molecule has 1 aromatic heterocycles. The van der Waals surface area contributed by atoms with E-state index in [0.29, 0.717) is 18.0 Å². The number of anilines is 1. The number of carbonyl (C=O) groups excluding carboxylic acids is 1. The van der Waals surface area contributed by atoms with Gasteiger partial charge in [-0.05, 0) is 86.9 Å². The number of benzene rings is 2. The highest BCUT2D eigenvalue weighted by Crippen LogP contribution is 2.33. The molecule has 1 aliphatic rings. The lowest BCUT2D eigenvalue weighted by Crippen LogP contribution is -2.54. The lowest BCUT2D eigenvalue weighted by atomic mass is 9.88. The first-order valence-electron chi connectivity index (χ1n) is 14.8. The van der Waals surface area contributed by atoms with Gasteiger partial charge in [0.15, 0.2) is 0 Å². The van der Waals surface area contributed by atoms with Crippen molar-refractivity contribution in [2.24, 2.45) is 7.05 Å². The summed E-state index contributed by atoms with van der Waals surface area (Å²) >= 11 is 6.55. The predicted octanol–water partition coefficient (Wildman–Crippen LogP) is 7.90. The number of amides is 1. The van der Waals surface area contributed by atoms with Crippen molar-refractivity contribution in [2.75, 3.05) is 24.5 Å². The normalized spacial score (nSPS) is 16.1. The number of hydrogen-bond acceptors (Lipinski definition) is 3. The quantitative estimate of drug-likeness (QED) is 0.225. The zero-order valence-electron chi connectivity index (χ0n) is 24.5. The molecule has 0 radical (unpaired) electrons. The average molecular weight is 559 g/mol. The van der Waals surface area contributed by atoms with Crippen LogP contribution in [-0.4, -0.2) is 41.1 Å². The molecule has 6 heteroatoms. The van der Waals surface area contributed by atoms with E-state index in [2.05, 4.69) is 54.5 Å². The van der Waals surface area contributed by atoms with E-state index in [1.165, 1.54) is 36.1 Å². The number of carbonyl (C=O) groups is 1. The molecule has 1 fully saturated rings. The Bertz CT molecular complexity index is 1340. The van der Waals surface area contributed by atoms with Crippen LogP contribution < -0.4 is 4.90 Å². The summed E-state index contributed by atoms with van der Waals surface area (Å²) in [4.78, 5) is 18.0. The van der Waals surface area contributed by atoms with Gasteiger partial charge >= 0.3 is 0 Å². The van der Waals surface area contributed by atoms with Crippen LogP contribution in [0, 0.1) is 18.3 Å². The van der Waals surface area contributed by atoms with Crippen LogP contribution in [0.2, 0.25) is 5.02 Å². The van der Waals surface area contributed by atoms with Gasteiger partial charge in [-0.3, -0.25) is 4.79 Å². The molecule has 212 valence electrons. The van der Waals surface area contributed by atoms with Crippen LogP contribution in [0.15, 0.2) is 54.6 Å². The maximum absolute atomic E-state index is 13.7. The van der Waals surface area contributed by atoms with Crippen molar-refractivity contribution >= 4 is 23.2 Å². The fraction of sp³-hybridized carbons (Fsp3) is 0.471. The number of unbranched alkanes of at least 4 members (excludes halogenated alkanes) is 2. The van der Waals surface area contributed by atoms with Crippen LogP contribution >= 0.6 is 11.6 Å². The van der Waals surface area contributed by atoms with Gasteiger partial charge in [-0.15, -0.1) is 0 Å². The maximum Gasteiger partial charge on any atom is 0.270 e. The zero-order chi connectivity index (χ0) is 28.6. The van der Waals surface area contributed by atoms with E-state index in [1.807, 2.05) is 48.3 Å². The molecule has 3 aromatic rings. The summed E-state index contributed by atoms with van der Waals surface area (Å²) in [5, 5.41) is 10.1. The van der Waals surface area contributed by atoms with Crippen LogP contribution in [0.25, 0.3) is 0 Å². The van der Waals surface area contributed by atoms with Crippen LogP contribution in [0.5, 0.6) is 0 Å². The second-order valence-electron chi connectivity index (χ2n) is 11.3. The Hall–Kier alpha value is -3.23. The highest BCUT2D eigenvalue weighted by atomic mass is 35.5. The van der Waals surface area contributed by atoms with Crippen molar-refractivity contribution in [3.05, 3.63) is 87.7 Å². The van der Waals surface area contributed by atoms with E-state index in [1.54, 1.807) is 0 Å². The molecule has 2 heterocycles. The van der Waals surface area contributed by atoms with Crippen LogP contribution in [0.4, 0.5) is 5.69 Å². The summed E-state index contributed by atoms with van der Waals surface area (Å²) < 4.78 is 2.07. The monoisotopic (exact) mass is 558 g/mol. The molecule has 1 unspecified atom stereocenters. The van der Waals surface area contributed by atoms with E-state index in [0.717, 1.165) is 55.2 Å². The Labute approximate surface area is 245 Å². The second-order valence-corrected chi connectivity index (χ2v) is 11.7. The summed E-state index contributed by atoms with van der Waals surface area (Å²) in [5.41, 5.74) is 6.21. The smallest absolute Gasteiger partial charge is 0.270 e. The van der Waals surface area contributed by atoms with Gasteiger partial charge in [0.2, 0.25) is 0 Å². The van der Waals surface area contributed by atoms with E-state index < -0.39 is 0 Å². The Morgan fingerprint density at radius 2 is 1.85 bits per heavy atom. The number of halogens is 1. The molecule has 1 saturated heterocycles. The molecule has 0 N–H and O–H groups in total. The van der Waals surface area contributed by atoms with Gasteiger partial charge in [-0.25, -0.2) is 0 Å². The summed E-state index contributed by atoms with van der Waals surface area (Å²) in [7, 11) is 2.01. The van der Waals surface area contributed by atoms with Crippen LogP contribution in [-0.2, 0) is 13.5 Å². The second kappa shape index (κ2) is 13.9. The summed E-state index contributed by atoms with van der Waals surface area (Å²) in [6, 6.07) is 20.4. The molecule has 40 heavy (non-hydrogen) atoms. The minimum atomic E-state index is 0.0792. The number of aryl methyl sites for hydroxylation is 1. The van der Waals surface area contributed by atoms with Crippen LogP contribution in [0.3, 0.4) is 0 Å². The number of aromatic nitrogens is 1. The van der Waals surface area contributed by atoms with E-state index in [-0.39, 0.29) is 11.9 Å². The Balaban J connectivity index is 1.35. The zero-order valence-corrected chi connectivity index (χ0v) is 25.3. The minimum absolute atomic E-state index is 0.0792. The summed E-state index contributed by atoms with van der Waals surface area (Å²) in [5.74, 6) is 0.610. The lowest BCUT2D eigenvalue weighted by molar-refractivity contribution is 0.0664. The third-order valence-electron chi connectivity index (χ3n) is 8.59. The first-order valence-corrected chi connectivity index (χ1v) is 15.2. The molecule has 1 aliphatic heterocycles. The average Bonchev–Trinajstić information content (AvgIpc) is 3.25. The first-order chi connectivity index (χ1) is 19.3. The first kappa shape index (κ1) is 29.7. The fourth-order valence-corrected chi connectivity index (χ4v) is 6.34. The van der Waals surface area contributed by atoms with Crippen molar-refractivity contribution in [3.8, 4) is 6.07 Å². The maximum atomic E-state index is 13.7. The lowest BCUT2D eigenvalue weighted by Gasteiger charge is -2.41. The van der Waals surface area contributed by atoms with Crippen molar-refractivity contribution in [3.63, 3.8) is 0 Å². The van der Waals surface area contributed by atoms with Gasteiger partial charge in [-0.1, -0.05) is 62.1 Å². The third kappa shape index (κ3) is 6.91. The Morgan fingerprint density at radius 1 is 1.07 bits per heavy atom. The molecule has 2 aromatic carbocycles. The van der Waals surface area contributed by atoms with Gasteiger partial charge in [0.1, 0.15) is 5.69 Å². The number of nitrogens with zero attached hydrogens (tertiary/aromatic N) is 4. The Kier molecular flexibility index (Phi) is 10.3. The minimum Gasteiger partial charge on any atom is -0.368 e. The van der Waals surface area contributed by atoms with Gasteiger partial charge in [-0.2, -0.15) is 5.26 Å². The molecule has 1 amide bonds. The summed E-state index contributed by atoms with van der Waals surface area (Å²) in [6.45, 7) is 8.66. The van der Waals surface area contributed by atoms with Gasteiger partial charge in [0, 0.05) is 49.1 Å².